The van der Waals surface area contributed by atoms with Gasteiger partial charge in [-0.2, -0.15) is 0 Å². The normalized spacial score (nSPS) is 9.28. The van der Waals surface area contributed by atoms with E-state index in [1.54, 1.807) is 24.8 Å². The second kappa shape index (κ2) is 10.2. The van der Waals surface area contributed by atoms with Crippen LogP contribution >= 0.6 is 0 Å². The Hall–Kier alpha value is -2.76. The second-order valence-corrected chi connectivity index (χ2v) is 4.86. The summed E-state index contributed by atoms with van der Waals surface area (Å²) < 4.78 is 0. The van der Waals surface area contributed by atoms with Gasteiger partial charge in [0.1, 0.15) is 0 Å². The molecule has 0 amide bonds. The zero-order valence-corrected chi connectivity index (χ0v) is 15.9. The average Bonchev–Trinajstić information content (AvgIpc) is 2.71. The number of rotatable bonds is 2. The molecular formula is C20H16N4Os. The molecule has 4 aromatic rings. The van der Waals surface area contributed by atoms with E-state index in [2.05, 4.69) is 19.9 Å². The molecular weight excluding hydrogens is 486 g/mol. The standard InChI is InChI=1S/2C10H8N2.Os/c2*1-3-7-11-9(5-1)10-6-2-4-8-12-10;/h2*1-8H;. The minimum atomic E-state index is 0. The van der Waals surface area contributed by atoms with Crippen molar-refractivity contribution in [3.05, 3.63) is 97.6 Å². The summed E-state index contributed by atoms with van der Waals surface area (Å²) in [7, 11) is 0. The maximum atomic E-state index is 4.19. The van der Waals surface area contributed by atoms with Crippen molar-refractivity contribution < 1.29 is 19.8 Å². The van der Waals surface area contributed by atoms with E-state index in [4.69, 9.17) is 0 Å². The van der Waals surface area contributed by atoms with E-state index < -0.39 is 0 Å². The van der Waals surface area contributed by atoms with Crippen LogP contribution in [0.4, 0.5) is 0 Å². The third kappa shape index (κ3) is 5.67. The minimum absolute atomic E-state index is 0. The van der Waals surface area contributed by atoms with Crippen molar-refractivity contribution in [3.63, 3.8) is 0 Å². The van der Waals surface area contributed by atoms with Crippen molar-refractivity contribution in [2.24, 2.45) is 0 Å². The van der Waals surface area contributed by atoms with Gasteiger partial charge in [0.05, 0.1) is 22.8 Å². The molecule has 0 aliphatic rings. The molecule has 4 nitrogen and oxygen atoms in total. The van der Waals surface area contributed by atoms with Crippen LogP contribution in [0.5, 0.6) is 0 Å². The average molecular weight is 503 g/mol. The Morgan fingerprint density at radius 2 is 0.600 bits per heavy atom. The van der Waals surface area contributed by atoms with E-state index in [1.807, 2.05) is 72.8 Å². The van der Waals surface area contributed by atoms with Crippen LogP contribution in [0.2, 0.25) is 0 Å². The third-order valence-corrected chi connectivity index (χ3v) is 3.18. The Balaban J connectivity index is 0.000000173. The first-order chi connectivity index (χ1) is 11.9. The molecule has 25 heavy (non-hydrogen) atoms. The third-order valence-electron chi connectivity index (χ3n) is 3.18. The molecule has 0 aliphatic carbocycles. The van der Waals surface area contributed by atoms with Crippen LogP contribution in [0, 0.1) is 0 Å². The van der Waals surface area contributed by atoms with E-state index in [0.717, 1.165) is 22.8 Å². The molecule has 0 saturated carbocycles. The van der Waals surface area contributed by atoms with Crippen molar-refractivity contribution in [1.29, 1.82) is 0 Å². The van der Waals surface area contributed by atoms with Gasteiger partial charge in [-0.25, -0.2) is 0 Å². The van der Waals surface area contributed by atoms with Gasteiger partial charge >= 0.3 is 0 Å². The summed E-state index contributed by atoms with van der Waals surface area (Å²) in [6, 6.07) is 23.2. The van der Waals surface area contributed by atoms with E-state index in [-0.39, 0.29) is 19.8 Å². The molecule has 4 aromatic heterocycles. The molecule has 5 heteroatoms. The summed E-state index contributed by atoms with van der Waals surface area (Å²) in [5.41, 5.74) is 3.66. The van der Waals surface area contributed by atoms with Gasteiger partial charge in [-0.1, -0.05) is 24.3 Å². The maximum Gasteiger partial charge on any atom is 0.0886 e. The topological polar surface area (TPSA) is 51.6 Å². The van der Waals surface area contributed by atoms with Crippen LogP contribution < -0.4 is 0 Å². The number of hydrogen-bond acceptors (Lipinski definition) is 4. The van der Waals surface area contributed by atoms with Crippen molar-refractivity contribution >= 4 is 0 Å². The molecule has 124 valence electrons. The molecule has 0 aliphatic heterocycles. The Kier molecular flexibility index (Phi) is 7.56. The van der Waals surface area contributed by atoms with E-state index in [0.29, 0.717) is 0 Å². The van der Waals surface area contributed by atoms with Crippen LogP contribution in [-0.4, -0.2) is 19.9 Å². The fraction of sp³-hybridized carbons (Fsp3) is 0. The fourth-order valence-electron chi connectivity index (χ4n) is 2.06. The van der Waals surface area contributed by atoms with Crippen molar-refractivity contribution in [2.45, 2.75) is 0 Å². The molecule has 0 N–H and O–H groups in total. The minimum Gasteiger partial charge on any atom is -0.255 e. The first kappa shape index (κ1) is 18.6. The Labute approximate surface area is 160 Å². The molecule has 0 saturated heterocycles. The van der Waals surface area contributed by atoms with Gasteiger partial charge in [-0.15, -0.1) is 0 Å². The molecule has 0 radical (unpaired) electrons. The Bertz CT molecular complexity index is 692. The molecule has 4 rings (SSSR count). The van der Waals surface area contributed by atoms with Crippen molar-refractivity contribution in [2.75, 3.05) is 0 Å². The zero-order valence-electron chi connectivity index (χ0n) is 13.4. The van der Waals surface area contributed by atoms with Crippen molar-refractivity contribution in [1.82, 2.24) is 19.9 Å². The summed E-state index contributed by atoms with van der Waals surface area (Å²) in [5, 5.41) is 0. The van der Waals surface area contributed by atoms with Gasteiger partial charge in [0.15, 0.2) is 0 Å². The van der Waals surface area contributed by atoms with Gasteiger partial charge in [-0.3, -0.25) is 19.9 Å². The largest absolute Gasteiger partial charge is 0.255 e. The molecule has 0 unspecified atom stereocenters. The van der Waals surface area contributed by atoms with Gasteiger partial charge in [-0.05, 0) is 48.5 Å². The van der Waals surface area contributed by atoms with Crippen LogP contribution in [-0.2, 0) is 19.8 Å². The number of hydrogen-bond donors (Lipinski definition) is 0. The van der Waals surface area contributed by atoms with Crippen molar-refractivity contribution in [3.8, 4) is 22.8 Å². The van der Waals surface area contributed by atoms with E-state index in [9.17, 15) is 0 Å². The summed E-state index contributed by atoms with van der Waals surface area (Å²) >= 11 is 0. The second-order valence-electron chi connectivity index (χ2n) is 4.86. The van der Waals surface area contributed by atoms with Crippen LogP contribution in [0.1, 0.15) is 0 Å². The maximum absolute atomic E-state index is 4.19. The summed E-state index contributed by atoms with van der Waals surface area (Å²) in [6.45, 7) is 0. The van der Waals surface area contributed by atoms with E-state index in [1.165, 1.54) is 0 Å². The Morgan fingerprint density at radius 3 is 0.760 bits per heavy atom. The molecule has 0 aromatic carbocycles. The first-order valence-corrected chi connectivity index (χ1v) is 7.58. The quantitative estimate of drug-likeness (QED) is 0.411. The van der Waals surface area contributed by atoms with Gasteiger partial charge in [0.25, 0.3) is 0 Å². The van der Waals surface area contributed by atoms with Crippen LogP contribution in [0.25, 0.3) is 22.8 Å². The number of aromatic nitrogens is 4. The fourth-order valence-corrected chi connectivity index (χ4v) is 2.06. The summed E-state index contributed by atoms with van der Waals surface area (Å²) in [4.78, 5) is 16.7. The predicted octanol–water partition coefficient (Wildman–Crippen LogP) is 4.28. The Morgan fingerprint density at radius 1 is 0.360 bits per heavy atom. The van der Waals surface area contributed by atoms with E-state index >= 15 is 0 Å². The molecule has 0 spiro atoms. The SMILES string of the molecule is [Os].c1ccc(-c2ccccn2)nc1.c1ccc(-c2ccccn2)nc1. The zero-order chi connectivity index (χ0) is 16.5. The molecule has 4 heterocycles. The summed E-state index contributed by atoms with van der Waals surface area (Å²) in [5.74, 6) is 0. The molecule has 0 atom stereocenters. The summed E-state index contributed by atoms with van der Waals surface area (Å²) in [6.07, 6.45) is 7.07. The van der Waals surface area contributed by atoms with Gasteiger partial charge in [0.2, 0.25) is 0 Å². The monoisotopic (exact) mass is 504 g/mol. The van der Waals surface area contributed by atoms with Gasteiger partial charge in [0, 0.05) is 44.6 Å². The van der Waals surface area contributed by atoms with Crippen LogP contribution in [0.15, 0.2) is 97.6 Å². The first-order valence-electron chi connectivity index (χ1n) is 7.58. The molecule has 0 bridgehead atoms. The van der Waals surface area contributed by atoms with Gasteiger partial charge < -0.3 is 0 Å². The number of nitrogens with zero attached hydrogens (tertiary/aromatic N) is 4. The number of pyridine rings is 4. The predicted molar refractivity (Wildman–Crippen MR) is 94.9 cm³/mol. The smallest absolute Gasteiger partial charge is 0.0886 e. The van der Waals surface area contributed by atoms with Crippen LogP contribution in [0.3, 0.4) is 0 Å². The molecule has 0 fully saturated rings.